The zero-order valence-corrected chi connectivity index (χ0v) is 13.4. The largest absolute Gasteiger partial charge is 0.412 e. The standard InChI is InChI=1S/C13H27NO3Si/c1-7-11(9-8-10(15)12(16)14-9)17-18(5,6)13(2,3)4/h9-11,15H,7-8H2,1-6H3,(H,14,16). The molecular formula is C13H27NO3Si. The minimum atomic E-state index is -1.83. The fourth-order valence-corrected chi connectivity index (χ4v) is 3.38. The van der Waals surface area contributed by atoms with E-state index < -0.39 is 14.4 Å². The van der Waals surface area contributed by atoms with Crippen molar-refractivity contribution in [1.29, 1.82) is 0 Å². The van der Waals surface area contributed by atoms with Crippen LogP contribution in [0.2, 0.25) is 18.1 Å². The highest BCUT2D eigenvalue weighted by Gasteiger charge is 2.42. The van der Waals surface area contributed by atoms with Gasteiger partial charge in [-0.2, -0.15) is 0 Å². The Morgan fingerprint density at radius 1 is 1.50 bits per heavy atom. The number of carbonyl (C=O) groups excluding carboxylic acids is 1. The van der Waals surface area contributed by atoms with Gasteiger partial charge in [0.15, 0.2) is 8.32 Å². The first-order chi connectivity index (χ1) is 8.08. The third-order valence-corrected chi connectivity index (χ3v) is 8.72. The minimum absolute atomic E-state index is 0.00647. The molecule has 0 aromatic carbocycles. The van der Waals surface area contributed by atoms with E-state index in [-0.39, 0.29) is 23.1 Å². The first-order valence-corrected chi connectivity index (χ1v) is 9.65. The smallest absolute Gasteiger partial charge is 0.249 e. The number of nitrogens with one attached hydrogen (secondary N) is 1. The Morgan fingerprint density at radius 3 is 2.39 bits per heavy atom. The molecule has 106 valence electrons. The molecule has 5 heteroatoms. The van der Waals surface area contributed by atoms with Crippen molar-refractivity contribution in [3.8, 4) is 0 Å². The lowest BCUT2D eigenvalue weighted by molar-refractivity contribution is -0.126. The van der Waals surface area contributed by atoms with E-state index in [1.54, 1.807) is 0 Å². The van der Waals surface area contributed by atoms with Crippen molar-refractivity contribution in [1.82, 2.24) is 5.32 Å². The van der Waals surface area contributed by atoms with E-state index in [0.29, 0.717) is 6.42 Å². The predicted octanol–water partition coefficient (Wildman–Crippen LogP) is 2.04. The van der Waals surface area contributed by atoms with Crippen LogP contribution in [0.3, 0.4) is 0 Å². The van der Waals surface area contributed by atoms with Gasteiger partial charge in [-0.1, -0.05) is 27.7 Å². The third kappa shape index (κ3) is 3.33. The van der Waals surface area contributed by atoms with Gasteiger partial charge in [0, 0.05) is 6.42 Å². The maximum absolute atomic E-state index is 11.4. The highest BCUT2D eigenvalue weighted by atomic mass is 28.4. The van der Waals surface area contributed by atoms with Crippen LogP contribution in [0.15, 0.2) is 0 Å². The number of amides is 1. The lowest BCUT2D eigenvalue weighted by atomic mass is 10.1. The Kier molecular flexibility index (Phi) is 4.62. The van der Waals surface area contributed by atoms with Crippen LogP contribution in [0.5, 0.6) is 0 Å². The van der Waals surface area contributed by atoms with Gasteiger partial charge in [-0.15, -0.1) is 0 Å². The average molecular weight is 273 g/mol. The van der Waals surface area contributed by atoms with Gasteiger partial charge < -0.3 is 14.8 Å². The molecule has 0 aliphatic carbocycles. The second-order valence-electron chi connectivity index (χ2n) is 6.69. The van der Waals surface area contributed by atoms with Gasteiger partial charge in [0.25, 0.3) is 0 Å². The Hall–Kier alpha value is -0.393. The molecule has 3 atom stereocenters. The SMILES string of the molecule is CCC(O[Si](C)(C)C(C)(C)C)C1CC(O)C(=O)N1. The quantitative estimate of drug-likeness (QED) is 0.771. The van der Waals surface area contributed by atoms with Gasteiger partial charge in [0.2, 0.25) is 5.91 Å². The van der Waals surface area contributed by atoms with E-state index in [1.807, 2.05) is 0 Å². The molecule has 1 saturated heterocycles. The molecule has 1 aliphatic rings. The summed E-state index contributed by atoms with van der Waals surface area (Å²) in [5.41, 5.74) is 0. The summed E-state index contributed by atoms with van der Waals surface area (Å²) in [6, 6.07) is -0.0494. The molecule has 0 radical (unpaired) electrons. The lowest BCUT2D eigenvalue weighted by Gasteiger charge is -2.40. The molecule has 0 aromatic rings. The summed E-state index contributed by atoms with van der Waals surface area (Å²) < 4.78 is 6.35. The van der Waals surface area contributed by atoms with Crippen LogP contribution in [0.1, 0.15) is 40.5 Å². The molecule has 1 fully saturated rings. The first kappa shape index (κ1) is 15.7. The molecule has 0 saturated carbocycles. The van der Waals surface area contributed by atoms with Crippen LogP contribution in [0, 0.1) is 0 Å². The fraction of sp³-hybridized carbons (Fsp3) is 0.923. The summed E-state index contributed by atoms with van der Waals surface area (Å²) in [7, 11) is -1.83. The van der Waals surface area contributed by atoms with Crippen molar-refractivity contribution in [2.75, 3.05) is 0 Å². The summed E-state index contributed by atoms with van der Waals surface area (Å²) in [5.74, 6) is -0.266. The summed E-state index contributed by atoms with van der Waals surface area (Å²) in [6.45, 7) is 13.1. The van der Waals surface area contributed by atoms with Crippen LogP contribution in [-0.4, -0.2) is 37.6 Å². The van der Waals surface area contributed by atoms with Crippen LogP contribution in [0.4, 0.5) is 0 Å². The molecule has 0 aromatic heterocycles. The molecule has 4 nitrogen and oxygen atoms in total. The van der Waals surface area contributed by atoms with Gasteiger partial charge in [-0.25, -0.2) is 0 Å². The van der Waals surface area contributed by atoms with Gasteiger partial charge in [0.05, 0.1) is 12.1 Å². The zero-order chi connectivity index (χ0) is 14.1. The minimum Gasteiger partial charge on any atom is -0.412 e. The van der Waals surface area contributed by atoms with Crippen LogP contribution in [0.25, 0.3) is 0 Å². The normalized spacial score (nSPS) is 27.2. The molecule has 1 heterocycles. The maximum Gasteiger partial charge on any atom is 0.249 e. The molecule has 1 amide bonds. The van der Waals surface area contributed by atoms with Gasteiger partial charge in [0.1, 0.15) is 6.10 Å². The maximum atomic E-state index is 11.4. The van der Waals surface area contributed by atoms with Crippen LogP contribution < -0.4 is 5.32 Å². The highest BCUT2D eigenvalue weighted by molar-refractivity contribution is 6.74. The Balaban J connectivity index is 2.72. The third-order valence-electron chi connectivity index (χ3n) is 4.21. The Bertz CT molecular complexity index is 312. The first-order valence-electron chi connectivity index (χ1n) is 6.74. The fourth-order valence-electron chi connectivity index (χ4n) is 1.94. The molecule has 2 N–H and O–H groups in total. The average Bonchev–Trinajstić information content (AvgIpc) is 2.54. The Morgan fingerprint density at radius 2 is 2.06 bits per heavy atom. The molecule has 1 rings (SSSR count). The van der Waals surface area contributed by atoms with Crippen molar-refractivity contribution < 1.29 is 14.3 Å². The molecule has 1 aliphatic heterocycles. The topological polar surface area (TPSA) is 58.6 Å². The number of aliphatic hydroxyl groups is 1. The van der Waals surface area contributed by atoms with Crippen LogP contribution in [-0.2, 0) is 9.22 Å². The van der Waals surface area contributed by atoms with Gasteiger partial charge in [-0.05, 0) is 24.6 Å². The van der Waals surface area contributed by atoms with Gasteiger partial charge >= 0.3 is 0 Å². The summed E-state index contributed by atoms with van der Waals surface area (Å²) >= 11 is 0. The Labute approximate surface area is 111 Å². The zero-order valence-electron chi connectivity index (χ0n) is 12.4. The summed E-state index contributed by atoms with van der Waals surface area (Å²) in [5, 5.41) is 12.5. The van der Waals surface area contributed by atoms with E-state index in [2.05, 4.69) is 46.1 Å². The van der Waals surface area contributed by atoms with Crippen LogP contribution >= 0.6 is 0 Å². The number of rotatable bonds is 4. The van der Waals surface area contributed by atoms with Crippen molar-refractivity contribution in [2.45, 2.75) is 76.9 Å². The predicted molar refractivity (Wildman–Crippen MR) is 74.9 cm³/mol. The molecule has 0 spiro atoms. The van der Waals surface area contributed by atoms with Crippen molar-refractivity contribution in [2.24, 2.45) is 0 Å². The summed E-state index contributed by atoms with van der Waals surface area (Å²) in [6.07, 6.45) is 0.454. The van der Waals surface area contributed by atoms with Gasteiger partial charge in [-0.3, -0.25) is 4.79 Å². The van der Waals surface area contributed by atoms with E-state index in [0.717, 1.165) is 6.42 Å². The molecule has 18 heavy (non-hydrogen) atoms. The van der Waals surface area contributed by atoms with Crippen molar-refractivity contribution >= 4 is 14.2 Å². The number of hydrogen-bond acceptors (Lipinski definition) is 3. The van der Waals surface area contributed by atoms with Crippen molar-refractivity contribution in [3.05, 3.63) is 0 Å². The van der Waals surface area contributed by atoms with E-state index in [9.17, 15) is 9.90 Å². The van der Waals surface area contributed by atoms with Crippen molar-refractivity contribution in [3.63, 3.8) is 0 Å². The second-order valence-corrected chi connectivity index (χ2v) is 11.4. The molecule has 0 bridgehead atoms. The number of aliphatic hydroxyl groups excluding tert-OH is 1. The lowest BCUT2D eigenvalue weighted by Crippen LogP contribution is -2.49. The summed E-state index contributed by atoms with van der Waals surface area (Å²) in [4.78, 5) is 11.4. The second kappa shape index (κ2) is 5.31. The van der Waals surface area contributed by atoms with E-state index in [4.69, 9.17) is 4.43 Å². The number of hydrogen-bond donors (Lipinski definition) is 2. The van der Waals surface area contributed by atoms with E-state index >= 15 is 0 Å². The van der Waals surface area contributed by atoms with E-state index in [1.165, 1.54) is 0 Å². The molecular weight excluding hydrogens is 246 g/mol. The monoisotopic (exact) mass is 273 g/mol. The molecule has 3 unspecified atom stereocenters. The number of carbonyl (C=O) groups is 1. The highest BCUT2D eigenvalue weighted by Crippen LogP contribution is 2.38.